The molecule has 0 fully saturated rings. The first kappa shape index (κ1) is 15.1. The van der Waals surface area contributed by atoms with Gasteiger partial charge in [-0.2, -0.15) is 0 Å². The van der Waals surface area contributed by atoms with Crippen molar-refractivity contribution in [2.45, 2.75) is 39.2 Å². The highest BCUT2D eigenvalue weighted by atomic mass is 16.5. The number of benzene rings is 1. The maximum absolute atomic E-state index is 11.7. The van der Waals surface area contributed by atoms with E-state index in [4.69, 9.17) is 11.2 Å². The van der Waals surface area contributed by atoms with Gasteiger partial charge in [0.2, 0.25) is 0 Å². The summed E-state index contributed by atoms with van der Waals surface area (Å²) in [5.41, 5.74) is 1.22. The molecule has 0 aliphatic carbocycles. The molecule has 0 aliphatic rings. The third-order valence-electron chi connectivity index (χ3n) is 2.75. The smallest absolute Gasteiger partial charge is 0.261 e. The highest BCUT2D eigenvalue weighted by molar-refractivity contribution is 5.80. The number of hydrogen-bond acceptors (Lipinski definition) is 2. The predicted molar refractivity (Wildman–Crippen MR) is 77.1 cm³/mol. The summed E-state index contributed by atoms with van der Waals surface area (Å²) in [6.07, 6.45) is 4.53. The zero-order chi connectivity index (χ0) is 14.5. The highest BCUT2D eigenvalue weighted by Gasteiger charge is 2.17. The molecule has 0 saturated carbocycles. The van der Waals surface area contributed by atoms with Crippen LogP contribution < -0.4 is 10.1 Å². The Morgan fingerprint density at radius 2 is 2.16 bits per heavy atom. The maximum Gasteiger partial charge on any atom is 0.261 e. The van der Waals surface area contributed by atoms with Crippen molar-refractivity contribution in [1.29, 1.82) is 0 Å². The van der Waals surface area contributed by atoms with E-state index in [0.29, 0.717) is 5.75 Å². The number of nitrogens with one attached hydrogen (secondary N) is 1. The summed E-state index contributed by atoms with van der Waals surface area (Å²) >= 11 is 0. The number of hydrogen-bond donors (Lipinski definition) is 1. The van der Waals surface area contributed by atoms with Gasteiger partial charge in [-0.25, -0.2) is 0 Å². The Morgan fingerprint density at radius 1 is 1.47 bits per heavy atom. The lowest BCUT2D eigenvalue weighted by atomic mass is 9.87. The molecular weight excluding hydrogens is 238 g/mol. The van der Waals surface area contributed by atoms with Gasteiger partial charge in [0.15, 0.2) is 6.10 Å². The molecule has 0 spiro atoms. The minimum Gasteiger partial charge on any atom is -0.481 e. The molecule has 1 unspecified atom stereocenters. The number of amides is 1. The van der Waals surface area contributed by atoms with E-state index < -0.39 is 6.10 Å². The first-order valence-corrected chi connectivity index (χ1v) is 6.33. The molecule has 3 heteroatoms. The minimum atomic E-state index is -0.566. The van der Waals surface area contributed by atoms with Crippen molar-refractivity contribution in [3.05, 3.63) is 29.8 Å². The molecule has 0 saturated heterocycles. The Kier molecular flexibility index (Phi) is 5.00. The molecule has 1 rings (SSSR count). The monoisotopic (exact) mass is 259 g/mol. The first-order chi connectivity index (χ1) is 8.84. The third kappa shape index (κ3) is 4.67. The number of rotatable bonds is 4. The fraction of sp³-hybridized carbons (Fsp3) is 0.438. The van der Waals surface area contributed by atoms with Crippen LogP contribution in [0.2, 0.25) is 0 Å². The second-order valence-corrected chi connectivity index (χ2v) is 5.46. The largest absolute Gasteiger partial charge is 0.481 e. The lowest BCUT2D eigenvalue weighted by Crippen LogP contribution is -2.36. The first-order valence-electron chi connectivity index (χ1n) is 6.33. The number of ether oxygens (including phenoxy) is 1. The Labute approximate surface area is 115 Å². The second-order valence-electron chi connectivity index (χ2n) is 5.46. The van der Waals surface area contributed by atoms with Crippen LogP contribution in [-0.2, 0) is 10.2 Å². The Morgan fingerprint density at radius 3 is 2.74 bits per heavy atom. The van der Waals surface area contributed by atoms with E-state index in [0.717, 1.165) is 0 Å². The minimum absolute atomic E-state index is 0.0499. The van der Waals surface area contributed by atoms with Crippen LogP contribution in [0.4, 0.5) is 0 Å². The predicted octanol–water partition coefficient (Wildman–Crippen LogP) is 2.50. The maximum atomic E-state index is 11.7. The Hall–Kier alpha value is -1.95. The topological polar surface area (TPSA) is 38.3 Å². The number of terminal acetylenes is 1. The summed E-state index contributed by atoms with van der Waals surface area (Å²) in [4.78, 5) is 11.7. The molecule has 1 aromatic rings. The van der Waals surface area contributed by atoms with Crippen molar-refractivity contribution >= 4 is 5.91 Å². The quantitative estimate of drug-likeness (QED) is 0.844. The molecule has 1 aromatic carbocycles. The van der Waals surface area contributed by atoms with Gasteiger partial charge in [0, 0.05) is 0 Å². The molecule has 1 N–H and O–H groups in total. The van der Waals surface area contributed by atoms with Crippen LogP contribution in [0.5, 0.6) is 5.75 Å². The van der Waals surface area contributed by atoms with Crippen molar-refractivity contribution in [2.75, 3.05) is 6.54 Å². The van der Waals surface area contributed by atoms with Gasteiger partial charge < -0.3 is 10.1 Å². The third-order valence-corrected chi connectivity index (χ3v) is 2.75. The molecule has 0 radical (unpaired) electrons. The lowest BCUT2D eigenvalue weighted by molar-refractivity contribution is -0.126. The van der Waals surface area contributed by atoms with Crippen molar-refractivity contribution in [1.82, 2.24) is 5.32 Å². The van der Waals surface area contributed by atoms with Crippen molar-refractivity contribution < 1.29 is 9.53 Å². The highest BCUT2D eigenvalue weighted by Crippen LogP contribution is 2.25. The summed E-state index contributed by atoms with van der Waals surface area (Å²) in [6.45, 7) is 8.32. The van der Waals surface area contributed by atoms with Crippen LogP contribution in [0.25, 0.3) is 0 Å². The molecule has 19 heavy (non-hydrogen) atoms. The van der Waals surface area contributed by atoms with Gasteiger partial charge in [0.1, 0.15) is 5.75 Å². The molecule has 1 atom stereocenters. The molecule has 0 heterocycles. The summed E-state index contributed by atoms with van der Waals surface area (Å²) in [5.74, 6) is 2.84. The second kappa shape index (κ2) is 6.29. The zero-order valence-corrected chi connectivity index (χ0v) is 12.0. The van der Waals surface area contributed by atoms with Crippen LogP contribution in [0, 0.1) is 12.3 Å². The molecule has 0 aliphatic heterocycles. The van der Waals surface area contributed by atoms with Crippen molar-refractivity contribution in [3.63, 3.8) is 0 Å². The van der Waals surface area contributed by atoms with Gasteiger partial charge in [0.05, 0.1) is 6.54 Å². The molecule has 3 nitrogen and oxygen atoms in total. The molecular formula is C16H21NO2. The normalized spacial score (nSPS) is 12.4. The summed E-state index contributed by atoms with van der Waals surface area (Å²) < 4.78 is 5.63. The Balaban J connectivity index is 2.72. The van der Waals surface area contributed by atoms with Gasteiger partial charge in [-0.15, -0.1) is 6.42 Å². The fourth-order valence-corrected chi connectivity index (χ4v) is 1.58. The van der Waals surface area contributed by atoms with Crippen LogP contribution in [0.3, 0.4) is 0 Å². The fourth-order valence-electron chi connectivity index (χ4n) is 1.58. The van der Waals surface area contributed by atoms with Crippen LogP contribution in [0.15, 0.2) is 24.3 Å². The molecule has 0 aromatic heterocycles. The van der Waals surface area contributed by atoms with Crippen molar-refractivity contribution in [3.8, 4) is 18.1 Å². The van der Waals surface area contributed by atoms with Gasteiger partial charge >= 0.3 is 0 Å². The molecule has 0 bridgehead atoms. The van der Waals surface area contributed by atoms with E-state index >= 15 is 0 Å². The van der Waals surface area contributed by atoms with Crippen LogP contribution in [0.1, 0.15) is 33.3 Å². The average molecular weight is 259 g/mol. The van der Waals surface area contributed by atoms with Gasteiger partial charge in [-0.1, -0.05) is 38.8 Å². The van der Waals surface area contributed by atoms with Crippen molar-refractivity contribution in [2.24, 2.45) is 0 Å². The van der Waals surface area contributed by atoms with E-state index in [1.54, 1.807) is 6.92 Å². The molecule has 1 amide bonds. The zero-order valence-electron chi connectivity index (χ0n) is 12.0. The average Bonchev–Trinajstić information content (AvgIpc) is 2.35. The van der Waals surface area contributed by atoms with Crippen LogP contribution in [-0.4, -0.2) is 18.6 Å². The van der Waals surface area contributed by atoms with E-state index in [1.165, 1.54) is 5.56 Å². The van der Waals surface area contributed by atoms with E-state index in [1.807, 2.05) is 18.2 Å². The number of carbonyl (C=O) groups is 1. The van der Waals surface area contributed by atoms with Gasteiger partial charge in [0.25, 0.3) is 5.91 Å². The summed E-state index contributed by atoms with van der Waals surface area (Å²) in [6, 6.07) is 7.79. The van der Waals surface area contributed by atoms with Crippen LogP contribution >= 0.6 is 0 Å². The van der Waals surface area contributed by atoms with Gasteiger partial charge in [-0.3, -0.25) is 4.79 Å². The summed E-state index contributed by atoms with van der Waals surface area (Å²) in [7, 11) is 0. The van der Waals surface area contributed by atoms with E-state index in [2.05, 4.69) is 38.1 Å². The van der Waals surface area contributed by atoms with E-state index in [-0.39, 0.29) is 17.9 Å². The van der Waals surface area contributed by atoms with Gasteiger partial charge in [-0.05, 0) is 30.0 Å². The SMILES string of the molecule is C#CCNC(=O)C(C)Oc1cccc(C(C)(C)C)c1. The summed E-state index contributed by atoms with van der Waals surface area (Å²) in [5, 5.41) is 2.60. The number of carbonyl (C=O) groups excluding carboxylic acids is 1. The Bertz CT molecular complexity index is 480. The van der Waals surface area contributed by atoms with E-state index in [9.17, 15) is 4.79 Å². The lowest BCUT2D eigenvalue weighted by Gasteiger charge is -2.21. The molecule has 102 valence electrons. The standard InChI is InChI=1S/C16H21NO2/c1-6-10-17-15(18)12(2)19-14-9-7-8-13(11-14)16(3,4)5/h1,7-9,11-12H,10H2,2-5H3,(H,17,18).